The molecule has 0 heterocycles. The van der Waals surface area contributed by atoms with Gasteiger partial charge in [0.15, 0.2) is 5.96 Å². The van der Waals surface area contributed by atoms with E-state index in [-0.39, 0.29) is 28.9 Å². The normalized spacial score (nSPS) is 12.0. The van der Waals surface area contributed by atoms with Gasteiger partial charge in [-0.25, -0.2) is 12.7 Å². The first kappa shape index (κ1) is 25.1. The second kappa shape index (κ2) is 13.3. The van der Waals surface area contributed by atoms with Crippen LogP contribution in [0.25, 0.3) is 0 Å². The molecule has 2 N–H and O–H groups in total. The summed E-state index contributed by atoms with van der Waals surface area (Å²) in [5.41, 5.74) is 0.983. The highest BCUT2D eigenvalue weighted by molar-refractivity contribution is 14.0. The van der Waals surface area contributed by atoms with Crippen molar-refractivity contribution in [2.75, 3.05) is 40.9 Å². The molecule has 0 amide bonds. The number of halogens is 1. The Morgan fingerprint density at radius 1 is 1.15 bits per heavy atom. The van der Waals surface area contributed by atoms with E-state index in [4.69, 9.17) is 4.74 Å². The van der Waals surface area contributed by atoms with E-state index in [1.165, 1.54) is 18.4 Å². The summed E-state index contributed by atoms with van der Waals surface area (Å²) in [5, 5.41) is 6.46. The number of benzene rings is 1. The summed E-state index contributed by atoms with van der Waals surface area (Å²) in [6.07, 6.45) is 2.03. The van der Waals surface area contributed by atoms with Crippen molar-refractivity contribution in [2.45, 2.75) is 31.2 Å². The van der Waals surface area contributed by atoms with Crippen molar-refractivity contribution >= 4 is 40.0 Å². The summed E-state index contributed by atoms with van der Waals surface area (Å²) >= 11 is 0. The molecule has 1 aromatic rings. The standard InChI is InChI=1S/C17H30N4O3S.HI/c1-5-24-13-7-6-12-19-17(18-2)20-14-15-8-10-16(11-9-15)25(22,23)21(3)4;/h8-11H,5-7,12-14H2,1-4H3,(H2,18,19,20);1H. The first-order valence-corrected chi connectivity index (χ1v) is 9.89. The number of nitrogens with zero attached hydrogens (tertiary/aromatic N) is 2. The van der Waals surface area contributed by atoms with Gasteiger partial charge in [0.1, 0.15) is 0 Å². The number of hydrogen-bond acceptors (Lipinski definition) is 4. The molecule has 7 nitrogen and oxygen atoms in total. The second-order valence-electron chi connectivity index (χ2n) is 5.69. The molecule has 0 radical (unpaired) electrons. The molecule has 26 heavy (non-hydrogen) atoms. The molecule has 0 spiro atoms. The molecule has 9 heteroatoms. The van der Waals surface area contributed by atoms with E-state index < -0.39 is 10.0 Å². The lowest BCUT2D eigenvalue weighted by Gasteiger charge is -2.13. The van der Waals surface area contributed by atoms with Crippen LogP contribution in [-0.4, -0.2) is 59.6 Å². The molecule has 0 bridgehead atoms. The predicted molar refractivity (Wildman–Crippen MR) is 117 cm³/mol. The number of hydrogen-bond donors (Lipinski definition) is 2. The lowest BCUT2D eigenvalue weighted by Crippen LogP contribution is -2.37. The first-order chi connectivity index (χ1) is 11.9. The molecular formula is C17H31IN4O3S. The zero-order valence-corrected chi connectivity index (χ0v) is 19.1. The molecule has 0 aromatic heterocycles. The molecule has 1 rings (SSSR count). The average Bonchev–Trinajstić information content (AvgIpc) is 2.60. The number of ether oxygens (including phenoxy) is 1. The second-order valence-corrected chi connectivity index (χ2v) is 7.84. The van der Waals surface area contributed by atoms with Crippen molar-refractivity contribution in [3.8, 4) is 0 Å². The minimum absolute atomic E-state index is 0. The van der Waals surface area contributed by atoms with Crippen molar-refractivity contribution in [1.82, 2.24) is 14.9 Å². The van der Waals surface area contributed by atoms with E-state index >= 15 is 0 Å². The van der Waals surface area contributed by atoms with Crippen LogP contribution in [0.5, 0.6) is 0 Å². The fraction of sp³-hybridized carbons (Fsp3) is 0.588. The SMILES string of the molecule is CCOCCCCNC(=NC)NCc1ccc(S(=O)(=O)N(C)C)cc1.I. The van der Waals surface area contributed by atoms with Gasteiger partial charge < -0.3 is 15.4 Å². The molecule has 0 aliphatic rings. The van der Waals surface area contributed by atoms with Gasteiger partial charge in [0.05, 0.1) is 4.90 Å². The highest BCUT2D eigenvalue weighted by atomic mass is 127. The molecule has 150 valence electrons. The van der Waals surface area contributed by atoms with Crippen molar-refractivity contribution in [2.24, 2.45) is 4.99 Å². The number of unbranched alkanes of at least 4 members (excludes halogenated alkanes) is 1. The Kier molecular flexibility index (Phi) is 12.8. The Bertz CT molecular complexity index is 634. The van der Waals surface area contributed by atoms with Crippen molar-refractivity contribution in [1.29, 1.82) is 0 Å². The minimum Gasteiger partial charge on any atom is -0.382 e. The van der Waals surface area contributed by atoms with Crippen LogP contribution in [0.3, 0.4) is 0 Å². The molecule has 0 aliphatic heterocycles. The fourth-order valence-corrected chi connectivity index (χ4v) is 2.98. The van der Waals surface area contributed by atoms with Gasteiger partial charge in [0.2, 0.25) is 10.0 Å². The zero-order chi connectivity index (χ0) is 18.7. The van der Waals surface area contributed by atoms with Gasteiger partial charge >= 0.3 is 0 Å². The Hall–Kier alpha value is -0.910. The maximum atomic E-state index is 12.0. The summed E-state index contributed by atoms with van der Waals surface area (Å²) in [6.45, 7) is 4.93. The van der Waals surface area contributed by atoms with Gasteiger partial charge in [0, 0.05) is 47.4 Å². The largest absolute Gasteiger partial charge is 0.382 e. The topological polar surface area (TPSA) is 83.0 Å². The highest BCUT2D eigenvalue weighted by Gasteiger charge is 2.16. The minimum atomic E-state index is -3.38. The number of rotatable bonds is 10. The van der Waals surface area contributed by atoms with Crippen LogP contribution < -0.4 is 10.6 Å². The molecule has 0 fully saturated rings. The van der Waals surface area contributed by atoms with Gasteiger partial charge in [-0.1, -0.05) is 12.1 Å². The van der Waals surface area contributed by atoms with Crippen molar-refractivity contribution in [3.05, 3.63) is 29.8 Å². The highest BCUT2D eigenvalue weighted by Crippen LogP contribution is 2.13. The average molecular weight is 498 g/mol. The third kappa shape index (κ3) is 8.65. The zero-order valence-electron chi connectivity index (χ0n) is 16.0. The van der Waals surface area contributed by atoms with Crippen LogP contribution in [0.1, 0.15) is 25.3 Å². The Balaban J connectivity index is 0.00000625. The van der Waals surface area contributed by atoms with Gasteiger partial charge in [-0.2, -0.15) is 0 Å². The number of sulfonamides is 1. The van der Waals surface area contributed by atoms with Crippen LogP contribution in [0.2, 0.25) is 0 Å². The monoisotopic (exact) mass is 498 g/mol. The molecule has 1 aromatic carbocycles. The summed E-state index contributed by atoms with van der Waals surface area (Å²) in [7, 11) is 1.39. The Morgan fingerprint density at radius 3 is 2.35 bits per heavy atom. The third-order valence-electron chi connectivity index (χ3n) is 3.60. The maximum Gasteiger partial charge on any atom is 0.242 e. The summed E-state index contributed by atoms with van der Waals surface area (Å²) in [6, 6.07) is 6.85. The summed E-state index contributed by atoms with van der Waals surface area (Å²) in [4.78, 5) is 4.47. The lowest BCUT2D eigenvalue weighted by molar-refractivity contribution is 0.143. The lowest BCUT2D eigenvalue weighted by atomic mass is 10.2. The van der Waals surface area contributed by atoms with Crippen molar-refractivity contribution < 1.29 is 13.2 Å². The van der Waals surface area contributed by atoms with Crippen LogP contribution in [0.15, 0.2) is 34.2 Å². The number of aliphatic imine (C=N–C) groups is 1. The Morgan fingerprint density at radius 2 is 1.81 bits per heavy atom. The fourth-order valence-electron chi connectivity index (χ4n) is 2.08. The van der Waals surface area contributed by atoms with Crippen LogP contribution in [0, 0.1) is 0 Å². The van der Waals surface area contributed by atoms with Gasteiger partial charge in [0.25, 0.3) is 0 Å². The van der Waals surface area contributed by atoms with Crippen LogP contribution in [0.4, 0.5) is 0 Å². The molecule has 0 saturated carbocycles. The first-order valence-electron chi connectivity index (χ1n) is 8.45. The van der Waals surface area contributed by atoms with E-state index in [1.54, 1.807) is 31.3 Å². The van der Waals surface area contributed by atoms with E-state index in [2.05, 4.69) is 15.6 Å². The number of nitrogens with one attached hydrogen (secondary N) is 2. The summed E-state index contributed by atoms with van der Waals surface area (Å²) < 4.78 is 30.6. The smallest absolute Gasteiger partial charge is 0.242 e. The van der Waals surface area contributed by atoms with E-state index in [9.17, 15) is 8.42 Å². The van der Waals surface area contributed by atoms with Crippen LogP contribution >= 0.6 is 24.0 Å². The molecular weight excluding hydrogens is 467 g/mol. The van der Waals surface area contributed by atoms with Gasteiger partial charge in [-0.15, -0.1) is 24.0 Å². The predicted octanol–water partition coefficient (Wildman–Crippen LogP) is 2.04. The maximum absolute atomic E-state index is 12.0. The van der Waals surface area contributed by atoms with Gasteiger partial charge in [-0.05, 0) is 37.5 Å². The number of guanidine groups is 1. The molecule has 0 aliphatic carbocycles. The third-order valence-corrected chi connectivity index (χ3v) is 5.43. The molecule has 0 unspecified atom stereocenters. The van der Waals surface area contributed by atoms with E-state index in [0.29, 0.717) is 6.54 Å². The van der Waals surface area contributed by atoms with Crippen molar-refractivity contribution in [3.63, 3.8) is 0 Å². The quantitative estimate of drug-likeness (QED) is 0.223. The molecule has 0 saturated heterocycles. The molecule has 0 atom stereocenters. The van der Waals surface area contributed by atoms with Gasteiger partial charge in [-0.3, -0.25) is 4.99 Å². The van der Waals surface area contributed by atoms with Crippen LogP contribution in [-0.2, 0) is 21.3 Å². The van der Waals surface area contributed by atoms with E-state index in [1.807, 2.05) is 6.92 Å². The van der Waals surface area contributed by atoms with E-state index in [0.717, 1.165) is 44.1 Å². The summed E-state index contributed by atoms with van der Waals surface area (Å²) in [5.74, 6) is 0.724. The Labute approximate surface area is 174 Å².